The van der Waals surface area contributed by atoms with E-state index in [0.29, 0.717) is 0 Å². The second-order valence-electron chi connectivity index (χ2n) is 3.83. The summed E-state index contributed by atoms with van der Waals surface area (Å²) in [7, 11) is 1.65. The van der Waals surface area contributed by atoms with Gasteiger partial charge in [0, 0.05) is 11.1 Å². The van der Waals surface area contributed by atoms with Crippen molar-refractivity contribution in [3.8, 4) is 5.75 Å². The molecule has 0 fully saturated rings. The first-order chi connectivity index (χ1) is 5.54. The molecule has 0 N–H and O–H groups in total. The number of pyridine rings is 1. The van der Waals surface area contributed by atoms with Crippen LogP contribution >= 0.6 is 0 Å². The zero-order valence-electron chi connectivity index (χ0n) is 8.09. The molecule has 0 bridgehead atoms. The van der Waals surface area contributed by atoms with E-state index in [-0.39, 0.29) is 5.41 Å². The van der Waals surface area contributed by atoms with Crippen molar-refractivity contribution in [3.63, 3.8) is 0 Å². The fraction of sp³-hybridized carbons (Fsp3) is 0.500. The lowest BCUT2D eigenvalue weighted by molar-refractivity contribution is 0.411. The van der Waals surface area contributed by atoms with Crippen LogP contribution < -0.4 is 4.74 Å². The Hall–Kier alpha value is -1.05. The molecule has 1 heterocycles. The van der Waals surface area contributed by atoms with E-state index >= 15 is 0 Å². The number of hydrogen-bond acceptors (Lipinski definition) is 2. The summed E-state index contributed by atoms with van der Waals surface area (Å²) >= 11 is 0. The molecule has 0 spiro atoms. The van der Waals surface area contributed by atoms with Gasteiger partial charge in [-0.2, -0.15) is 0 Å². The van der Waals surface area contributed by atoms with Gasteiger partial charge in [-0.3, -0.25) is 4.98 Å². The average Bonchev–Trinajstić information content (AvgIpc) is 2.03. The molecule has 0 unspecified atom stereocenters. The van der Waals surface area contributed by atoms with Crippen LogP contribution in [-0.4, -0.2) is 12.1 Å². The summed E-state index contributed by atoms with van der Waals surface area (Å²) in [6.45, 7) is 6.42. The van der Waals surface area contributed by atoms with E-state index in [2.05, 4.69) is 25.8 Å². The molecular weight excluding hydrogens is 150 g/mol. The van der Waals surface area contributed by atoms with Crippen molar-refractivity contribution >= 4 is 0 Å². The van der Waals surface area contributed by atoms with Gasteiger partial charge in [0.25, 0.3) is 0 Å². The fourth-order valence-corrected chi connectivity index (χ4v) is 0.945. The number of ether oxygens (including phenoxy) is 1. The monoisotopic (exact) mass is 165 g/mol. The minimum Gasteiger partial charge on any atom is -0.495 e. The van der Waals surface area contributed by atoms with Crippen molar-refractivity contribution < 1.29 is 4.74 Å². The van der Waals surface area contributed by atoms with Crippen LogP contribution in [0.2, 0.25) is 0 Å². The second kappa shape index (κ2) is 3.13. The molecule has 0 radical (unpaired) electrons. The minimum atomic E-state index is 0.117. The zero-order chi connectivity index (χ0) is 9.19. The Labute approximate surface area is 73.6 Å². The number of nitrogens with zero attached hydrogens (tertiary/aromatic N) is 1. The average molecular weight is 165 g/mol. The summed E-state index contributed by atoms with van der Waals surface area (Å²) in [5, 5.41) is 0. The maximum atomic E-state index is 5.02. The predicted molar refractivity (Wildman–Crippen MR) is 49.5 cm³/mol. The third-order valence-electron chi connectivity index (χ3n) is 1.74. The molecule has 0 aliphatic carbocycles. The fourth-order valence-electron chi connectivity index (χ4n) is 0.945. The van der Waals surface area contributed by atoms with Gasteiger partial charge >= 0.3 is 0 Å². The van der Waals surface area contributed by atoms with Crippen LogP contribution in [0.5, 0.6) is 5.75 Å². The highest BCUT2D eigenvalue weighted by Crippen LogP contribution is 2.21. The summed E-state index contributed by atoms with van der Waals surface area (Å²) in [5.41, 5.74) is 1.20. The molecule has 1 rings (SSSR count). The van der Waals surface area contributed by atoms with Crippen molar-refractivity contribution in [2.75, 3.05) is 7.11 Å². The zero-order valence-corrected chi connectivity index (χ0v) is 8.09. The maximum absolute atomic E-state index is 5.02. The molecule has 0 saturated heterocycles. The van der Waals surface area contributed by atoms with E-state index in [1.165, 1.54) is 0 Å². The Morgan fingerprint density at radius 2 is 1.92 bits per heavy atom. The van der Waals surface area contributed by atoms with E-state index in [1.54, 1.807) is 13.3 Å². The molecule has 0 aliphatic heterocycles. The molecular formula is C10H15NO. The highest BCUT2D eigenvalue weighted by Gasteiger charge is 2.14. The Balaban J connectivity index is 2.93. The van der Waals surface area contributed by atoms with Crippen LogP contribution in [0.1, 0.15) is 26.5 Å². The third-order valence-corrected chi connectivity index (χ3v) is 1.74. The quantitative estimate of drug-likeness (QED) is 0.637. The molecule has 0 aromatic carbocycles. The van der Waals surface area contributed by atoms with Crippen molar-refractivity contribution in [2.24, 2.45) is 0 Å². The molecule has 2 nitrogen and oxygen atoms in total. The maximum Gasteiger partial charge on any atom is 0.137 e. The normalized spacial score (nSPS) is 11.3. The van der Waals surface area contributed by atoms with Gasteiger partial charge in [-0.1, -0.05) is 20.8 Å². The third kappa shape index (κ3) is 1.97. The number of rotatable bonds is 1. The molecule has 0 amide bonds. The van der Waals surface area contributed by atoms with Crippen molar-refractivity contribution in [2.45, 2.75) is 26.2 Å². The van der Waals surface area contributed by atoms with E-state index in [9.17, 15) is 0 Å². The van der Waals surface area contributed by atoms with E-state index in [1.807, 2.05) is 12.1 Å². The molecule has 1 aromatic heterocycles. The second-order valence-corrected chi connectivity index (χ2v) is 3.83. The van der Waals surface area contributed by atoms with Gasteiger partial charge in [-0.25, -0.2) is 0 Å². The highest BCUT2D eigenvalue weighted by atomic mass is 16.5. The molecule has 12 heavy (non-hydrogen) atoms. The van der Waals surface area contributed by atoms with Gasteiger partial charge in [0.05, 0.1) is 13.3 Å². The van der Waals surface area contributed by atoms with Gasteiger partial charge in [-0.05, 0) is 12.1 Å². The van der Waals surface area contributed by atoms with E-state index in [4.69, 9.17) is 4.74 Å². The molecule has 0 aliphatic rings. The summed E-state index contributed by atoms with van der Waals surface area (Å²) < 4.78 is 5.02. The topological polar surface area (TPSA) is 22.1 Å². The van der Waals surface area contributed by atoms with Crippen LogP contribution in [0.25, 0.3) is 0 Å². The smallest absolute Gasteiger partial charge is 0.137 e. The first-order valence-electron chi connectivity index (χ1n) is 4.04. The van der Waals surface area contributed by atoms with Crippen LogP contribution in [0.3, 0.4) is 0 Å². The summed E-state index contributed by atoms with van der Waals surface area (Å²) in [5.74, 6) is 0.808. The van der Waals surface area contributed by atoms with Crippen LogP contribution in [0, 0.1) is 0 Å². The summed E-state index contributed by atoms with van der Waals surface area (Å²) in [6, 6.07) is 3.94. The Bertz CT molecular complexity index is 246. The van der Waals surface area contributed by atoms with E-state index < -0.39 is 0 Å². The summed E-state index contributed by atoms with van der Waals surface area (Å²) in [6.07, 6.45) is 1.75. The van der Waals surface area contributed by atoms with E-state index in [0.717, 1.165) is 11.4 Å². The van der Waals surface area contributed by atoms with Crippen molar-refractivity contribution in [1.82, 2.24) is 4.98 Å². The highest BCUT2D eigenvalue weighted by molar-refractivity contribution is 5.23. The van der Waals surface area contributed by atoms with Gasteiger partial charge in [0.1, 0.15) is 5.75 Å². The standard InChI is InChI=1S/C10H15NO/c1-10(2,3)9-6-5-8(12-4)7-11-9/h5-7H,1-4H3. The number of aromatic nitrogens is 1. The number of methoxy groups -OCH3 is 1. The molecule has 0 atom stereocenters. The molecule has 2 heteroatoms. The Morgan fingerprint density at radius 3 is 2.25 bits per heavy atom. The lowest BCUT2D eigenvalue weighted by atomic mass is 9.92. The first kappa shape index (κ1) is 9.04. The number of hydrogen-bond donors (Lipinski definition) is 0. The van der Waals surface area contributed by atoms with Crippen LogP contribution in [0.15, 0.2) is 18.3 Å². The first-order valence-corrected chi connectivity index (χ1v) is 4.04. The van der Waals surface area contributed by atoms with Gasteiger partial charge in [-0.15, -0.1) is 0 Å². The Morgan fingerprint density at radius 1 is 1.25 bits per heavy atom. The van der Waals surface area contributed by atoms with Crippen LogP contribution in [-0.2, 0) is 5.41 Å². The molecule has 1 aromatic rings. The molecule has 0 saturated carbocycles. The molecule has 66 valence electrons. The predicted octanol–water partition coefficient (Wildman–Crippen LogP) is 2.39. The SMILES string of the molecule is COc1ccc(C(C)(C)C)nc1. The van der Waals surface area contributed by atoms with Crippen molar-refractivity contribution in [1.29, 1.82) is 0 Å². The van der Waals surface area contributed by atoms with Crippen LogP contribution in [0.4, 0.5) is 0 Å². The van der Waals surface area contributed by atoms with Crippen molar-refractivity contribution in [3.05, 3.63) is 24.0 Å². The minimum absolute atomic E-state index is 0.117. The lowest BCUT2D eigenvalue weighted by Crippen LogP contribution is -2.12. The van der Waals surface area contributed by atoms with Gasteiger partial charge < -0.3 is 4.74 Å². The Kier molecular flexibility index (Phi) is 2.36. The largest absolute Gasteiger partial charge is 0.495 e. The van der Waals surface area contributed by atoms with Gasteiger partial charge in [0.15, 0.2) is 0 Å². The van der Waals surface area contributed by atoms with Gasteiger partial charge in [0.2, 0.25) is 0 Å². The lowest BCUT2D eigenvalue weighted by Gasteiger charge is -2.17. The summed E-state index contributed by atoms with van der Waals surface area (Å²) in [4.78, 5) is 4.30.